The second kappa shape index (κ2) is 3.92. The van der Waals surface area contributed by atoms with Gasteiger partial charge in [0, 0.05) is 12.4 Å². The Morgan fingerprint density at radius 3 is 2.83 bits per heavy atom. The van der Waals surface area contributed by atoms with E-state index in [1.54, 1.807) is 30.6 Å². The third-order valence-corrected chi connectivity index (χ3v) is 2.49. The Bertz CT molecular complexity index is 721. The van der Waals surface area contributed by atoms with Crippen LogP contribution in [-0.2, 0) is 0 Å². The van der Waals surface area contributed by atoms with Crippen molar-refractivity contribution in [3.63, 3.8) is 0 Å². The van der Waals surface area contributed by atoms with E-state index >= 15 is 0 Å². The molecule has 6 nitrogen and oxygen atoms in total. The van der Waals surface area contributed by atoms with Crippen LogP contribution in [0.5, 0.6) is 0 Å². The van der Waals surface area contributed by atoms with E-state index in [0.29, 0.717) is 17.2 Å². The van der Waals surface area contributed by atoms with Crippen LogP contribution in [0.25, 0.3) is 17.2 Å². The molecular weight excluding hydrogens is 232 g/mol. The van der Waals surface area contributed by atoms with Gasteiger partial charge in [-0.3, -0.25) is 4.98 Å². The molecule has 0 bridgehead atoms. The summed E-state index contributed by atoms with van der Waals surface area (Å²) in [5.74, 6) is -0.620. The number of hydrogen-bond acceptors (Lipinski definition) is 4. The molecule has 0 unspecified atom stereocenters. The van der Waals surface area contributed by atoms with Crippen LogP contribution in [0.2, 0.25) is 0 Å². The van der Waals surface area contributed by atoms with Crippen molar-refractivity contribution < 1.29 is 9.90 Å². The molecule has 0 saturated carbocycles. The minimum absolute atomic E-state index is 0.118. The molecule has 0 aliphatic rings. The third kappa shape index (κ3) is 1.60. The van der Waals surface area contributed by atoms with E-state index in [4.69, 9.17) is 5.11 Å². The number of aromatic carboxylic acids is 1. The quantitative estimate of drug-likeness (QED) is 0.734. The molecule has 0 aliphatic carbocycles. The van der Waals surface area contributed by atoms with Crippen LogP contribution >= 0.6 is 0 Å². The molecule has 0 saturated heterocycles. The summed E-state index contributed by atoms with van der Waals surface area (Å²) in [4.78, 5) is 19.4. The van der Waals surface area contributed by atoms with Crippen molar-refractivity contribution in [2.45, 2.75) is 0 Å². The first-order valence-corrected chi connectivity index (χ1v) is 5.26. The zero-order chi connectivity index (χ0) is 12.5. The average Bonchev–Trinajstić information content (AvgIpc) is 2.83. The zero-order valence-electron chi connectivity index (χ0n) is 9.19. The maximum atomic E-state index is 11.1. The number of nitrogens with zero attached hydrogens (tertiary/aromatic N) is 4. The molecule has 3 aromatic heterocycles. The van der Waals surface area contributed by atoms with Gasteiger partial charge in [0.05, 0.1) is 0 Å². The summed E-state index contributed by atoms with van der Waals surface area (Å²) in [6, 6.07) is 8.51. The maximum Gasteiger partial charge on any atom is 0.339 e. The first kappa shape index (κ1) is 10.4. The van der Waals surface area contributed by atoms with Crippen molar-refractivity contribution in [2.24, 2.45) is 0 Å². The molecule has 0 amide bonds. The predicted molar refractivity (Wildman–Crippen MR) is 63.2 cm³/mol. The van der Waals surface area contributed by atoms with Crippen LogP contribution in [0.3, 0.4) is 0 Å². The highest BCUT2D eigenvalue weighted by Gasteiger charge is 2.14. The smallest absolute Gasteiger partial charge is 0.339 e. The summed E-state index contributed by atoms with van der Waals surface area (Å²) in [6.07, 6.45) is 3.29. The van der Waals surface area contributed by atoms with E-state index < -0.39 is 5.97 Å². The summed E-state index contributed by atoms with van der Waals surface area (Å²) in [7, 11) is 0. The summed E-state index contributed by atoms with van der Waals surface area (Å²) in [5.41, 5.74) is 1.04. The van der Waals surface area contributed by atoms with Gasteiger partial charge in [-0.1, -0.05) is 6.07 Å². The van der Waals surface area contributed by atoms with Crippen molar-refractivity contribution in [3.8, 4) is 11.5 Å². The first-order chi connectivity index (χ1) is 8.75. The SMILES string of the molecule is O=C(O)c1cccn2nc(-c3ccccn3)nc12. The minimum Gasteiger partial charge on any atom is -0.478 e. The van der Waals surface area contributed by atoms with Gasteiger partial charge in [-0.15, -0.1) is 5.10 Å². The fourth-order valence-electron chi connectivity index (χ4n) is 1.68. The average molecular weight is 240 g/mol. The fourth-order valence-corrected chi connectivity index (χ4v) is 1.68. The van der Waals surface area contributed by atoms with Crippen LogP contribution in [0.4, 0.5) is 0 Å². The summed E-state index contributed by atoms with van der Waals surface area (Å²) >= 11 is 0. The molecule has 0 aliphatic heterocycles. The number of carbonyl (C=O) groups is 1. The number of carboxylic acid groups (broad SMARTS) is 1. The molecule has 3 heterocycles. The van der Waals surface area contributed by atoms with E-state index in [2.05, 4.69) is 15.1 Å². The standard InChI is InChI=1S/C12H8N4O2/c17-12(18)8-4-3-7-16-11(8)14-10(15-16)9-5-1-2-6-13-9/h1-7H,(H,17,18). The van der Waals surface area contributed by atoms with E-state index in [1.807, 2.05) is 6.07 Å². The lowest BCUT2D eigenvalue weighted by atomic mass is 10.3. The molecular formula is C12H8N4O2. The molecule has 0 atom stereocenters. The number of fused-ring (bicyclic) bond motifs is 1. The lowest BCUT2D eigenvalue weighted by molar-refractivity contribution is 0.0698. The van der Waals surface area contributed by atoms with Crippen molar-refractivity contribution in [3.05, 3.63) is 48.3 Å². The Morgan fingerprint density at radius 1 is 1.22 bits per heavy atom. The summed E-state index contributed by atoms with van der Waals surface area (Å²) in [5, 5.41) is 13.3. The maximum absolute atomic E-state index is 11.1. The molecule has 0 aromatic carbocycles. The number of hydrogen-bond donors (Lipinski definition) is 1. The van der Waals surface area contributed by atoms with Gasteiger partial charge >= 0.3 is 5.97 Å². The van der Waals surface area contributed by atoms with Crippen LogP contribution in [0.15, 0.2) is 42.7 Å². The van der Waals surface area contributed by atoms with Gasteiger partial charge in [-0.2, -0.15) is 0 Å². The van der Waals surface area contributed by atoms with Gasteiger partial charge in [0.15, 0.2) is 5.65 Å². The van der Waals surface area contributed by atoms with Crippen molar-refractivity contribution in [1.29, 1.82) is 0 Å². The number of pyridine rings is 2. The topological polar surface area (TPSA) is 80.4 Å². The largest absolute Gasteiger partial charge is 0.478 e. The zero-order valence-corrected chi connectivity index (χ0v) is 9.19. The van der Waals surface area contributed by atoms with E-state index in [9.17, 15) is 4.79 Å². The highest BCUT2D eigenvalue weighted by atomic mass is 16.4. The van der Waals surface area contributed by atoms with Crippen molar-refractivity contribution in [1.82, 2.24) is 19.6 Å². The second-order valence-corrected chi connectivity index (χ2v) is 3.65. The van der Waals surface area contributed by atoms with Gasteiger partial charge in [0.1, 0.15) is 11.3 Å². The van der Waals surface area contributed by atoms with E-state index in [1.165, 1.54) is 10.6 Å². The number of aromatic nitrogens is 4. The number of rotatable bonds is 2. The van der Waals surface area contributed by atoms with Crippen LogP contribution < -0.4 is 0 Å². The number of carboxylic acids is 1. The lowest BCUT2D eigenvalue weighted by Gasteiger charge is -1.94. The molecule has 0 fully saturated rings. The normalized spacial score (nSPS) is 10.7. The second-order valence-electron chi connectivity index (χ2n) is 3.65. The molecule has 88 valence electrons. The van der Waals surface area contributed by atoms with Crippen LogP contribution in [-0.4, -0.2) is 30.7 Å². The minimum atomic E-state index is -1.03. The van der Waals surface area contributed by atoms with Gasteiger partial charge in [-0.05, 0) is 24.3 Å². The molecule has 3 aromatic rings. The molecule has 6 heteroatoms. The lowest BCUT2D eigenvalue weighted by Crippen LogP contribution is -2.00. The third-order valence-electron chi connectivity index (χ3n) is 2.49. The highest BCUT2D eigenvalue weighted by Crippen LogP contribution is 2.15. The Kier molecular flexibility index (Phi) is 2.26. The Balaban J connectivity index is 2.23. The van der Waals surface area contributed by atoms with Gasteiger partial charge in [0.2, 0.25) is 5.82 Å². The van der Waals surface area contributed by atoms with Crippen LogP contribution in [0.1, 0.15) is 10.4 Å². The summed E-state index contributed by atoms with van der Waals surface area (Å²) < 4.78 is 1.44. The van der Waals surface area contributed by atoms with Crippen molar-refractivity contribution in [2.75, 3.05) is 0 Å². The highest BCUT2D eigenvalue weighted by molar-refractivity contribution is 5.94. The Morgan fingerprint density at radius 2 is 2.11 bits per heavy atom. The Labute approximate surface area is 102 Å². The fraction of sp³-hybridized carbons (Fsp3) is 0. The molecule has 1 N–H and O–H groups in total. The molecule has 0 radical (unpaired) electrons. The monoisotopic (exact) mass is 240 g/mol. The Hall–Kier alpha value is -2.76. The van der Waals surface area contributed by atoms with Gasteiger partial charge in [-0.25, -0.2) is 14.3 Å². The molecule has 3 rings (SSSR count). The van der Waals surface area contributed by atoms with Crippen LogP contribution in [0, 0.1) is 0 Å². The van der Waals surface area contributed by atoms with E-state index in [-0.39, 0.29) is 5.56 Å². The molecule has 18 heavy (non-hydrogen) atoms. The van der Waals surface area contributed by atoms with Crippen molar-refractivity contribution >= 4 is 11.6 Å². The van der Waals surface area contributed by atoms with Gasteiger partial charge < -0.3 is 5.11 Å². The molecule has 0 spiro atoms. The predicted octanol–water partition coefficient (Wildman–Crippen LogP) is 1.49. The summed E-state index contributed by atoms with van der Waals surface area (Å²) in [6.45, 7) is 0. The van der Waals surface area contributed by atoms with Gasteiger partial charge in [0.25, 0.3) is 0 Å². The van der Waals surface area contributed by atoms with E-state index in [0.717, 1.165) is 0 Å². The first-order valence-electron chi connectivity index (χ1n) is 5.26.